The quantitative estimate of drug-likeness (QED) is 0.337. The van der Waals surface area contributed by atoms with Gasteiger partial charge in [0.2, 0.25) is 0 Å². The number of carbonyl (C=O) groups is 2. The molecule has 2 fully saturated rings. The molecule has 1 saturated heterocycles. The lowest BCUT2D eigenvalue weighted by atomic mass is 9.94. The molecule has 3 aromatic rings. The van der Waals surface area contributed by atoms with Gasteiger partial charge in [-0.1, -0.05) is 79.4 Å². The Hall–Kier alpha value is -3.35. The van der Waals surface area contributed by atoms with Gasteiger partial charge in [0.15, 0.2) is 5.17 Å². The van der Waals surface area contributed by atoms with E-state index in [9.17, 15) is 9.59 Å². The van der Waals surface area contributed by atoms with Gasteiger partial charge in [-0.2, -0.15) is 0 Å². The highest BCUT2D eigenvalue weighted by Crippen LogP contribution is 2.46. The molecule has 0 bridgehead atoms. The Labute approximate surface area is 225 Å². The maximum Gasteiger partial charge on any atom is 0.267 e. The van der Waals surface area contributed by atoms with Crippen molar-refractivity contribution in [2.45, 2.75) is 44.7 Å². The van der Waals surface area contributed by atoms with Gasteiger partial charge in [-0.3, -0.25) is 14.5 Å². The number of fused-ring (bicyclic) bond motifs is 1. The molecule has 6 rings (SSSR count). The van der Waals surface area contributed by atoms with Gasteiger partial charge in [0, 0.05) is 16.6 Å². The Morgan fingerprint density at radius 3 is 2.30 bits per heavy atom. The van der Waals surface area contributed by atoms with Crippen molar-refractivity contribution in [3.05, 3.63) is 99.9 Å². The molecule has 0 radical (unpaired) electrons. The second kappa shape index (κ2) is 10.2. The van der Waals surface area contributed by atoms with Crippen molar-refractivity contribution >= 4 is 57.3 Å². The van der Waals surface area contributed by atoms with Gasteiger partial charge in [0.1, 0.15) is 0 Å². The van der Waals surface area contributed by atoms with Crippen LogP contribution in [-0.4, -0.2) is 27.9 Å². The van der Waals surface area contributed by atoms with Crippen LogP contribution < -0.4 is 4.90 Å². The van der Waals surface area contributed by atoms with E-state index in [0.717, 1.165) is 48.2 Å². The third kappa shape index (κ3) is 4.60. The van der Waals surface area contributed by atoms with Crippen LogP contribution in [-0.2, 0) is 16.1 Å². The monoisotopic (exact) mass is 527 g/mol. The zero-order chi connectivity index (χ0) is 25.4. The fourth-order valence-corrected chi connectivity index (χ4v) is 6.59. The summed E-state index contributed by atoms with van der Waals surface area (Å²) in [6, 6.07) is 25.0. The van der Waals surface area contributed by atoms with E-state index in [-0.39, 0.29) is 17.9 Å². The molecule has 37 heavy (non-hydrogen) atoms. The lowest BCUT2D eigenvalue weighted by Gasteiger charge is -2.30. The SMILES string of the molecule is O=C1/C(=C2/SC(=Nc3ccccc3)N(C3CCCCC3)C2=O)c2ccccc2N1Cc1ccc(Cl)cc1. The summed E-state index contributed by atoms with van der Waals surface area (Å²) >= 11 is 7.40. The van der Waals surface area contributed by atoms with Gasteiger partial charge in [-0.05, 0) is 60.5 Å². The molecule has 1 saturated carbocycles. The van der Waals surface area contributed by atoms with Gasteiger partial charge in [0.25, 0.3) is 11.8 Å². The first-order valence-corrected chi connectivity index (χ1v) is 13.8. The molecule has 186 valence electrons. The average molecular weight is 528 g/mol. The number of rotatable bonds is 4. The molecule has 5 nitrogen and oxygen atoms in total. The molecule has 3 aromatic carbocycles. The number of aliphatic imine (C=N–C) groups is 1. The first-order valence-electron chi connectivity index (χ1n) is 12.7. The predicted octanol–water partition coefficient (Wildman–Crippen LogP) is 7.19. The fraction of sp³-hybridized carbons (Fsp3) is 0.233. The molecular weight excluding hydrogens is 502 g/mol. The molecular formula is C30H26ClN3O2S. The fourth-order valence-electron chi connectivity index (χ4n) is 5.32. The molecule has 0 unspecified atom stereocenters. The Morgan fingerprint density at radius 2 is 1.54 bits per heavy atom. The Kier molecular flexibility index (Phi) is 6.61. The van der Waals surface area contributed by atoms with Gasteiger partial charge in [0.05, 0.1) is 28.4 Å². The number of benzene rings is 3. The van der Waals surface area contributed by atoms with Crippen LogP contribution in [0.5, 0.6) is 0 Å². The van der Waals surface area contributed by atoms with E-state index < -0.39 is 0 Å². The number of para-hydroxylation sites is 2. The highest BCUT2D eigenvalue weighted by molar-refractivity contribution is 8.18. The van der Waals surface area contributed by atoms with E-state index in [0.29, 0.717) is 27.2 Å². The number of carbonyl (C=O) groups excluding carboxylic acids is 2. The summed E-state index contributed by atoms with van der Waals surface area (Å²) in [4.78, 5) is 36.9. The maximum atomic E-state index is 14.0. The van der Waals surface area contributed by atoms with E-state index in [1.54, 1.807) is 4.90 Å². The number of thioether (sulfide) groups is 1. The molecule has 0 aromatic heterocycles. The summed E-state index contributed by atoms with van der Waals surface area (Å²) in [6.45, 7) is 0.403. The number of hydrogen-bond acceptors (Lipinski definition) is 4. The van der Waals surface area contributed by atoms with Gasteiger partial charge < -0.3 is 4.90 Å². The minimum Gasteiger partial charge on any atom is -0.303 e. The third-order valence-corrected chi connectivity index (χ3v) is 8.44. The van der Waals surface area contributed by atoms with Crippen molar-refractivity contribution in [3.8, 4) is 0 Å². The van der Waals surface area contributed by atoms with E-state index in [2.05, 4.69) is 0 Å². The number of hydrogen-bond donors (Lipinski definition) is 0. The second-order valence-corrected chi connectivity index (χ2v) is 11.0. The lowest BCUT2D eigenvalue weighted by molar-refractivity contribution is -0.124. The van der Waals surface area contributed by atoms with E-state index in [1.807, 2.05) is 83.8 Å². The van der Waals surface area contributed by atoms with Gasteiger partial charge in [-0.25, -0.2) is 4.99 Å². The number of nitrogens with zero attached hydrogens (tertiary/aromatic N) is 3. The predicted molar refractivity (Wildman–Crippen MR) is 151 cm³/mol. The smallest absolute Gasteiger partial charge is 0.267 e. The standard InChI is InChI=1S/C30H26ClN3O2S/c31-21-17-15-20(16-18-21)19-33-25-14-8-7-13-24(25)26(28(33)35)27-29(36)34(23-11-5-2-6-12-23)30(37-27)32-22-9-3-1-4-10-22/h1,3-4,7-10,13-18,23H,2,5-6,11-12,19H2/b27-26+,32-30?. The molecule has 0 atom stereocenters. The second-order valence-electron chi connectivity index (χ2n) is 9.54. The molecule has 0 N–H and O–H groups in total. The van der Waals surface area contributed by atoms with Crippen LogP contribution in [0.25, 0.3) is 5.57 Å². The Balaban J connectivity index is 1.43. The van der Waals surface area contributed by atoms with Crippen LogP contribution >= 0.6 is 23.4 Å². The summed E-state index contributed by atoms with van der Waals surface area (Å²) < 4.78 is 0. The molecule has 2 amide bonds. The van der Waals surface area contributed by atoms with Crippen molar-refractivity contribution < 1.29 is 9.59 Å². The topological polar surface area (TPSA) is 53.0 Å². The van der Waals surface area contributed by atoms with Crippen LogP contribution in [0.2, 0.25) is 5.02 Å². The molecule has 0 spiro atoms. The summed E-state index contributed by atoms with van der Waals surface area (Å²) in [5.74, 6) is -0.269. The molecule has 1 aliphatic carbocycles. The van der Waals surface area contributed by atoms with E-state index >= 15 is 0 Å². The maximum absolute atomic E-state index is 14.0. The van der Waals surface area contributed by atoms with Crippen molar-refractivity contribution in [1.29, 1.82) is 0 Å². The number of halogens is 1. The first kappa shape index (κ1) is 24.0. The van der Waals surface area contributed by atoms with Crippen molar-refractivity contribution in [1.82, 2.24) is 4.90 Å². The zero-order valence-electron chi connectivity index (χ0n) is 20.3. The summed E-state index contributed by atoms with van der Waals surface area (Å²) in [5.41, 5.74) is 3.85. The molecule has 2 heterocycles. The highest BCUT2D eigenvalue weighted by atomic mass is 35.5. The van der Waals surface area contributed by atoms with Gasteiger partial charge in [-0.15, -0.1) is 0 Å². The van der Waals surface area contributed by atoms with Crippen LogP contribution in [0.15, 0.2) is 88.8 Å². The first-order chi connectivity index (χ1) is 18.1. The Morgan fingerprint density at radius 1 is 0.838 bits per heavy atom. The van der Waals surface area contributed by atoms with Crippen LogP contribution in [0.4, 0.5) is 11.4 Å². The largest absolute Gasteiger partial charge is 0.303 e. The highest BCUT2D eigenvalue weighted by Gasteiger charge is 2.44. The van der Waals surface area contributed by atoms with Crippen molar-refractivity contribution in [2.75, 3.05) is 4.90 Å². The minimum absolute atomic E-state index is 0.103. The normalized spacial score (nSPS) is 21.3. The molecule has 2 aliphatic heterocycles. The third-order valence-electron chi connectivity index (χ3n) is 7.14. The molecule has 7 heteroatoms. The summed E-state index contributed by atoms with van der Waals surface area (Å²) in [7, 11) is 0. The van der Waals surface area contributed by atoms with Crippen molar-refractivity contribution in [3.63, 3.8) is 0 Å². The van der Waals surface area contributed by atoms with Crippen LogP contribution in [0, 0.1) is 0 Å². The Bertz CT molecular complexity index is 1410. The summed E-state index contributed by atoms with van der Waals surface area (Å²) in [6.07, 6.45) is 5.29. The summed E-state index contributed by atoms with van der Waals surface area (Å²) in [5, 5.41) is 1.31. The number of amides is 2. The zero-order valence-corrected chi connectivity index (χ0v) is 21.8. The number of amidine groups is 1. The van der Waals surface area contributed by atoms with Crippen LogP contribution in [0.1, 0.15) is 43.2 Å². The van der Waals surface area contributed by atoms with E-state index in [1.165, 1.54) is 18.2 Å². The van der Waals surface area contributed by atoms with Crippen molar-refractivity contribution in [2.24, 2.45) is 4.99 Å². The van der Waals surface area contributed by atoms with Crippen LogP contribution in [0.3, 0.4) is 0 Å². The molecule has 3 aliphatic rings. The van der Waals surface area contributed by atoms with Gasteiger partial charge >= 0.3 is 0 Å². The van der Waals surface area contributed by atoms with E-state index in [4.69, 9.17) is 16.6 Å². The average Bonchev–Trinajstić information content (AvgIpc) is 3.39. The minimum atomic E-state index is -0.156. The number of anilines is 1. The lowest BCUT2D eigenvalue weighted by Crippen LogP contribution is -2.40.